The molecule has 29 heavy (non-hydrogen) atoms. The number of hydrogen-bond acceptors (Lipinski definition) is 5. The number of rotatable bonds is 7. The smallest absolute Gasteiger partial charge is 0.147 e. The van der Waals surface area contributed by atoms with Crippen LogP contribution in [0.25, 0.3) is 21.3 Å². The number of likely N-dealkylation sites (N-methyl/N-ethyl adjacent to an activating group) is 1. The topological polar surface area (TPSA) is 39.6 Å². The highest BCUT2D eigenvalue weighted by molar-refractivity contribution is 7.17. The van der Waals surface area contributed by atoms with Gasteiger partial charge in [-0.05, 0) is 41.4 Å². The lowest BCUT2D eigenvalue weighted by Gasteiger charge is -2.35. The monoisotopic (exact) mass is 409 g/mol. The molecule has 1 N–H and O–H groups in total. The molecule has 3 aromatic rings. The predicted octanol–water partition coefficient (Wildman–Crippen LogP) is 5.33. The van der Waals surface area contributed by atoms with Crippen LogP contribution in [-0.4, -0.2) is 47.7 Å². The number of anilines is 1. The molecular weight excluding hydrogens is 378 g/mol. The van der Waals surface area contributed by atoms with Gasteiger partial charge < -0.3 is 14.9 Å². The van der Waals surface area contributed by atoms with Crippen molar-refractivity contribution in [2.24, 2.45) is 0 Å². The van der Waals surface area contributed by atoms with E-state index < -0.39 is 0 Å². The van der Waals surface area contributed by atoms with E-state index in [4.69, 9.17) is 4.98 Å². The Morgan fingerprint density at radius 1 is 1.07 bits per heavy atom. The van der Waals surface area contributed by atoms with Crippen molar-refractivity contribution in [1.82, 2.24) is 9.88 Å². The van der Waals surface area contributed by atoms with Crippen LogP contribution in [0, 0.1) is 0 Å². The Labute approximate surface area is 177 Å². The molecule has 0 radical (unpaired) electrons. The Balaban J connectivity index is 1.61. The Bertz CT molecular complexity index is 929. The van der Waals surface area contributed by atoms with Gasteiger partial charge in [-0.3, -0.25) is 0 Å². The van der Waals surface area contributed by atoms with Crippen molar-refractivity contribution in [3.63, 3.8) is 0 Å². The molecule has 1 aliphatic heterocycles. The van der Waals surface area contributed by atoms with Crippen molar-refractivity contribution < 1.29 is 5.11 Å². The van der Waals surface area contributed by atoms with Crippen molar-refractivity contribution in [3.05, 3.63) is 47.3 Å². The number of pyridine rings is 1. The van der Waals surface area contributed by atoms with E-state index in [0.29, 0.717) is 0 Å². The Morgan fingerprint density at radius 3 is 2.52 bits per heavy atom. The first-order valence-corrected chi connectivity index (χ1v) is 11.7. The molecule has 1 atom stereocenters. The van der Waals surface area contributed by atoms with Gasteiger partial charge in [0.15, 0.2) is 0 Å². The van der Waals surface area contributed by atoms with Crippen LogP contribution in [0.4, 0.5) is 5.82 Å². The van der Waals surface area contributed by atoms with Gasteiger partial charge >= 0.3 is 0 Å². The number of aromatic nitrogens is 1. The maximum atomic E-state index is 10.4. The second kappa shape index (κ2) is 9.24. The number of aliphatic hydroxyl groups excluding tert-OH is 1. The SMILES string of the molecule is CCCCC(O)c1ccc(-c2cc3ccsc3c(N3CCN(CC)CC3)n2)cc1. The lowest BCUT2D eigenvalue weighted by Crippen LogP contribution is -2.46. The summed E-state index contributed by atoms with van der Waals surface area (Å²) in [7, 11) is 0. The third-order valence-electron chi connectivity index (χ3n) is 5.96. The van der Waals surface area contributed by atoms with Crippen LogP contribution in [0.15, 0.2) is 41.8 Å². The van der Waals surface area contributed by atoms with Crippen LogP contribution >= 0.6 is 11.3 Å². The van der Waals surface area contributed by atoms with Gasteiger partial charge in [-0.2, -0.15) is 0 Å². The molecule has 1 saturated heterocycles. The van der Waals surface area contributed by atoms with Gasteiger partial charge in [-0.25, -0.2) is 4.98 Å². The zero-order valence-corrected chi connectivity index (χ0v) is 18.3. The summed E-state index contributed by atoms with van der Waals surface area (Å²) in [6.07, 6.45) is 2.60. The highest BCUT2D eigenvalue weighted by Crippen LogP contribution is 2.34. The molecule has 0 bridgehead atoms. The maximum Gasteiger partial charge on any atom is 0.147 e. The van der Waals surface area contributed by atoms with Gasteiger partial charge in [0.1, 0.15) is 5.82 Å². The molecular formula is C24H31N3OS. The zero-order valence-electron chi connectivity index (χ0n) is 17.5. The molecule has 0 aliphatic carbocycles. The molecule has 4 nitrogen and oxygen atoms in total. The number of aliphatic hydroxyl groups is 1. The molecule has 1 aromatic carbocycles. The molecule has 1 fully saturated rings. The fraction of sp³-hybridized carbons (Fsp3) is 0.458. The van der Waals surface area contributed by atoms with Crippen molar-refractivity contribution in [2.75, 3.05) is 37.6 Å². The number of benzene rings is 1. The Hall–Kier alpha value is -1.95. The molecule has 1 unspecified atom stereocenters. The normalized spacial score (nSPS) is 16.4. The van der Waals surface area contributed by atoms with Crippen LogP contribution in [-0.2, 0) is 0 Å². The molecule has 5 heteroatoms. The van der Waals surface area contributed by atoms with E-state index in [1.54, 1.807) is 11.3 Å². The predicted molar refractivity (Wildman–Crippen MR) is 124 cm³/mol. The van der Waals surface area contributed by atoms with E-state index in [1.807, 2.05) is 0 Å². The molecule has 0 saturated carbocycles. The summed E-state index contributed by atoms with van der Waals surface area (Å²) in [5.41, 5.74) is 3.12. The first-order chi connectivity index (χ1) is 14.2. The van der Waals surface area contributed by atoms with Crippen LogP contribution in [0.1, 0.15) is 44.8 Å². The van der Waals surface area contributed by atoms with E-state index in [2.05, 4.69) is 65.4 Å². The van der Waals surface area contributed by atoms with E-state index in [9.17, 15) is 5.11 Å². The van der Waals surface area contributed by atoms with Crippen LogP contribution in [0.3, 0.4) is 0 Å². The number of nitrogens with zero attached hydrogens (tertiary/aromatic N) is 3. The van der Waals surface area contributed by atoms with E-state index >= 15 is 0 Å². The van der Waals surface area contributed by atoms with Crippen LogP contribution < -0.4 is 4.90 Å². The molecule has 0 spiro atoms. The molecule has 3 heterocycles. The summed E-state index contributed by atoms with van der Waals surface area (Å²) in [5.74, 6) is 1.12. The van der Waals surface area contributed by atoms with Gasteiger partial charge in [-0.15, -0.1) is 11.3 Å². The summed E-state index contributed by atoms with van der Waals surface area (Å²) in [6.45, 7) is 9.75. The molecule has 1 aliphatic rings. The third kappa shape index (κ3) is 4.47. The van der Waals surface area contributed by atoms with E-state index in [1.165, 1.54) is 10.1 Å². The van der Waals surface area contributed by atoms with Crippen molar-refractivity contribution >= 4 is 27.2 Å². The average molecular weight is 410 g/mol. The fourth-order valence-corrected chi connectivity index (χ4v) is 4.93. The summed E-state index contributed by atoms with van der Waals surface area (Å²) >= 11 is 1.78. The van der Waals surface area contributed by atoms with Crippen molar-refractivity contribution in [2.45, 2.75) is 39.2 Å². The number of thiophene rings is 1. The van der Waals surface area contributed by atoms with E-state index in [0.717, 1.165) is 74.6 Å². The van der Waals surface area contributed by atoms with Gasteiger partial charge in [0, 0.05) is 31.7 Å². The first kappa shape index (κ1) is 20.3. The number of piperazine rings is 1. The van der Waals surface area contributed by atoms with Gasteiger partial charge in [-0.1, -0.05) is 51.0 Å². The number of unbranched alkanes of at least 4 members (excludes halogenated alkanes) is 1. The molecule has 2 aromatic heterocycles. The highest BCUT2D eigenvalue weighted by atomic mass is 32.1. The lowest BCUT2D eigenvalue weighted by atomic mass is 10.0. The third-order valence-corrected chi connectivity index (χ3v) is 6.88. The minimum Gasteiger partial charge on any atom is -0.388 e. The summed E-state index contributed by atoms with van der Waals surface area (Å²) in [5, 5.41) is 13.8. The summed E-state index contributed by atoms with van der Waals surface area (Å²) in [4.78, 5) is 10.0. The Morgan fingerprint density at radius 2 is 1.83 bits per heavy atom. The van der Waals surface area contributed by atoms with Crippen molar-refractivity contribution in [3.8, 4) is 11.3 Å². The second-order valence-corrected chi connectivity index (χ2v) is 8.79. The molecule has 4 rings (SSSR count). The summed E-state index contributed by atoms with van der Waals surface area (Å²) < 4.78 is 1.28. The number of hydrogen-bond donors (Lipinski definition) is 1. The second-order valence-electron chi connectivity index (χ2n) is 7.87. The zero-order chi connectivity index (χ0) is 20.2. The molecule has 154 valence electrons. The highest BCUT2D eigenvalue weighted by Gasteiger charge is 2.20. The van der Waals surface area contributed by atoms with Gasteiger partial charge in [0.2, 0.25) is 0 Å². The number of fused-ring (bicyclic) bond motifs is 1. The van der Waals surface area contributed by atoms with Crippen molar-refractivity contribution in [1.29, 1.82) is 0 Å². The minimum absolute atomic E-state index is 0.373. The lowest BCUT2D eigenvalue weighted by molar-refractivity contribution is 0.164. The van der Waals surface area contributed by atoms with E-state index in [-0.39, 0.29) is 6.10 Å². The maximum absolute atomic E-state index is 10.4. The first-order valence-electron chi connectivity index (χ1n) is 10.8. The fourth-order valence-electron chi connectivity index (χ4n) is 4.04. The quantitative estimate of drug-likeness (QED) is 0.573. The van der Waals surface area contributed by atoms with Gasteiger partial charge in [0.25, 0.3) is 0 Å². The largest absolute Gasteiger partial charge is 0.388 e. The average Bonchev–Trinajstić information content (AvgIpc) is 3.26. The summed E-state index contributed by atoms with van der Waals surface area (Å²) in [6, 6.07) is 12.7. The standard InChI is InChI=1S/C24H31N3OS/c1-3-5-6-22(28)19-9-7-18(8-10-19)21-17-20-11-16-29-23(20)24(25-21)27-14-12-26(4-2)13-15-27/h7-11,16-17,22,28H,3-6,12-15H2,1-2H3. The minimum atomic E-state index is -0.373. The van der Waals surface area contributed by atoms with Crippen LogP contribution in [0.5, 0.6) is 0 Å². The van der Waals surface area contributed by atoms with Crippen LogP contribution in [0.2, 0.25) is 0 Å². The Kier molecular flexibility index (Phi) is 6.48. The molecule has 0 amide bonds. The van der Waals surface area contributed by atoms with Gasteiger partial charge in [0.05, 0.1) is 16.5 Å².